The molecule has 2 aromatic heterocycles. The number of alkyl halides is 2. The van der Waals surface area contributed by atoms with Gasteiger partial charge in [0.2, 0.25) is 11.8 Å². The van der Waals surface area contributed by atoms with Crippen molar-refractivity contribution in [2.24, 2.45) is 0 Å². The molecule has 3 rings (SSSR count). The monoisotopic (exact) mass is 415 g/mol. The van der Waals surface area contributed by atoms with Gasteiger partial charge in [-0.05, 0) is 34.6 Å². The lowest BCUT2D eigenvalue weighted by molar-refractivity contribution is -0.226. The molecule has 0 unspecified atom stereocenters. The lowest BCUT2D eigenvalue weighted by atomic mass is 9.96. The third-order valence-corrected chi connectivity index (χ3v) is 4.27. The standard InChI is InChI=1S/C17H23F2N5O5/c1-6-27-10-8-9(22-14(20)23-10)24(7-21-8)12-16(5,18)11(25)17(19,28-12)13(26)29-15(2,3)4/h7,11-12,25H,6H2,1-5H3,(H2,20,22,23)/t11-,12+,16+,17-/m0/s1. The first-order chi connectivity index (χ1) is 13.3. The van der Waals surface area contributed by atoms with Gasteiger partial charge < -0.3 is 25.1 Å². The summed E-state index contributed by atoms with van der Waals surface area (Å²) in [4.78, 5) is 24.3. The summed E-state index contributed by atoms with van der Waals surface area (Å²) in [6, 6.07) is 0. The van der Waals surface area contributed by atoms with Crippen LogP contribution in [0.4, 0.5) is 14.7 Å². The lowest BCUT2D eigenvalue weighted by Crippen LogP contribution is -2.51. The largest absolute Gasteiger partial charge is 0.476 e. The second-order valence-electron chi connectivity index (χ2n) is 7.81. The molecule has 0 saturated carbocycles. The van der Waals surface area contributed by atoms with Crippen LogP contribution >= 0.6 is 0 Å². The van der Waals surface area contributed by atoms with E-state index in [0.717, 1.165) is 17.8 Å². The maximum atomic E-state index is 15.4. The first kappa shape index (κ1) is 21.1. The van der Waals surface area contributed by atoms with E-state index in [1.54, 1.807) is 6.92 Å². The number of nitrogens with two attached hydrogens (primary N) is 1. The number of ether oxygens (including phenoxy) is 3. The molecular formula is C17H23F2N5O5. The number of anilines is 1. The van der Waals surface area contributed by atoms with Gasteiger partial charge in [0.15, 0.2) is 29.2 Å². The van der Waals surface area contributed by atoms with Crippen LogP contribution in [-0.2, 0) is 14.3 Å². The molecule has 3 N–H and O–H groups in total. The normalized spacial score (nSPS) is 29.9. The van der Waals surface area contributed by atoms with Gasteiger partial charge >= 0.3 is 11.8 Å². The minimum atomic E-state index is -3.45. The van der Waals surface area contributed by atoms with Crippen LogP contribution in [0.25, 0.3) is 11.2 Å². The molecule has 0 bridgehead atoms. The van der Waals surface area contributed by atoms with Crippen LogP contribution in [0.15, 0.2) is 6.33 Å². The van der Waals surface area contributed by atoms with E-state index in [1.807, 2.05) is 0 Å². The number of aliphatic hydroxyl groups excluding tert-OH is 1. The van der Waals surface area contributed by atoms with Crippen molar-refractivity contribution in [3.63, 3.8) is 0 Å². The van der Waals surface area contributed by atoms with Crippen molar-refractivity contribution >= 4 is 23.1 Å². The van der Waals surface area contributed by atoms with Crippen molar-refractivity contribution in [3.05, 3.63) is 6.33 Å². The topological polar surface area (TPSA) is 135 Å². The number of hydrogen-bond donors (Lipinski definition) is 2. The Morgan fingerprint density at radius 1 is 1.41 bits per heavy atom. The van der Waals surface area contributed by atoms with Gasteiger partial charge in [-0.15, -0.1) is 0 Å². The maximum Gasteiger partial charge on any atom is 0.375 e. The highest BCUT2D eigenvalue weighted by Gasteiger charge is 2.69. The second-order valence-corrected chi connectivity index (χ2v) is 7.81. The van der Waals surface area contributed by atoms with Gasteiger partial charge in [0.05, 0.1) is 12.9 Å². The summed E-state index contributed by atoms with van der Waals surface area (Å²) in [6.07, 6.45) is -3.17. The van der Waals surface area contributed by atoms with E-state index in [-0.39, 0.29) is 29.6 Å². The molecule has 0 aromatic carbocycles. The smallest absolute Gasteiger partial charge is 0.375 e. The van der Waals surface area contributed by atoms with Gasteiger partial charge in [-0.25, -0.2) is 14.2 Å². The Balaban J connectivity index is 2.07. The minimum Gasteiger partial charge on any atom is -0.476 e. The average molecular weight is 415 g/mol. The fourth-order valence-corrected chi connectivity index (χ4v) is 2.99. The van der Waals surface area contributed by atoms with Crippen molar-refractivity contribution in [2.75, 3.05) is 12.3 Å². The van der Waals surface area contributed by atoms with E-state index in [9.17, 15) is 9.90 Å². The molecule has 0 radical (unpaired) electrons. The number of aromatic nitrogens is 4. The number of fused-ring (bicyclic) bond motifs is 1. The molecule has 1 saturated heterocycles. The van der Waals surface area contributed by atoms with E-state index in [1.165, 1.54) is 20.8 Å². The Hall–Kier alpha value is -2.60. The molecule has 2 aromatic rings. The van der Waals surface area contributed by atoms with Crippen molar-refractivity contribution in [2.45, 2.75) is 64.1 Å². The van der Waals surface area contributed by atoms with Crippen LogP contribution in [0.2, 0.25) is 0 Å². The fourth-order valence-electron chi connectivity index (χ4n) is 2.99. The molecule has 29 heavy (non-hydrogen) atoms. The van der Waals surface area contributed by atoms with Crippen molar-refractivity contribution in [3.8, 4) is 5.88 Å². The molecule has 1 aliphatic rings. The predicted octanol–water partition coefficient (Wildman–Crippen LogP) is 1.43. The summed E-state index contributed by atoms with van der Waals surface area (Å²) in [5, 5.41) is 10.3. The number of aliphatic hydroxyl groups is 1. The predicted molar refractivity (Wildman–Crippen MR) is 96.2 cm³/mol. The Bertz CT molecular complexity index is 944. The third kappa shape index (κ3) is 3.46. The zero-order valence-electron chi connectivity index (χ0n) is 16.6. The van der Waals surface area contributed by atoms with Gasteiger partial charge in [-0.3, -0.25) is 4.57 Å². The molecule has 10 nitrogen and oxygen atoms in total. The van der Waals surface area contributed by atoms with Gasteiger partial charge in [0, 0.05) is 0 Å². The number of imidazole rings is 1. The minimum absolute atomic E-state index is 0.0181. The van der Waals surface area contributed by atoms with E-state index in [2.05, 4.69) is 15.0 Å². The first-order valence-corrected chi connectivity index (χ1v) is 8.91. The van der Waals surface area contributed by atoms with Crippen LogP contribution in [0.1, 0.15) is 40.8 Å². The van der Waals surface area contributed by atoms with Crippen molar-refractivity contribution < 1.29 is 32.9 Å². The van der Waals surface area contributed by atoms with Crippen molar-refractivity contribution in [1.82, 2.24) is 19.5 Å². The van der Waals surface area contributed by atoms with E-state index in [4.69, 9.17) is 19.9 Å². The van der Waals surface area contributed by atoms with Gasteiger partial charge in [0.1, 0.15) is 5.60 Å². The van der Waals surface area contributed by atoms with Crippen LogP contribution in [0.5, 0.6) is 5.88 Å². The molecule has 4 atom stereocenters. The Morgan fingerprint density at radius 2 is 2.07 bits per heavy atom. The molecule has 160 valence electrons. The summed E-state index contributed by atoms with van der Waals surface area (Å²) in [5.74, 6) is -5.14. The SMILES string of the molecule is CCOc1nc(N)nc2c1ncn2[C@@H]1O[C@](F)(C(=O)OC(C)(C)C)[C@@H](O)[C@@]1(C)F. The van der Waals surface area contributed by atoms with E-state index >= 15 is 8.78 Å². The average Bonchev–Trinajstić information content (AvgIpc) is 3.07. The number of carbonyl (C=O) groups is 1. The fraction of sp³-hybridized carbons (Fsp3) is 0.647. The number of nitrogens with zero attached hydrogens (tertiary/aromatic N) is 4. The second kappa shape index (κ2) is 6.73. The zero-order valence-corrected chi connectivity index (χ0v) is 16.6. The number of nitrogen functional groups attached to an aromatic ring is 1. The maximum absolute atomic E-state index is 15.4. The molecule has 1 aliphatic heterocycles. The Labute approximate surface area is 165 Å². The molecule has 0 amide bonds. The molecule has 12 heteroatoms. The van der Waals surface area contributed by atoms with E-state index in [0.29, 0.717) is 0 Å². The quantitative estimate of drug-likeness (QED) is 0.711. The molecule has 3 heterocycles. The molecule has 0 aliphatic carbocycles. The molecule has 0 spiro atoms. The van der Waals surface area contributed by atoms with Crippen LogP contribution in [0.3, 0.4) is 0 Å². The van der Waals surface area contributed by atoms with Crippen LogP contribution < -0.4 is 10.5 Å². The first-order valence-electron chi connectivity index (χ1n) is 8.91. The van der Waals surface area contributed by atoms with Crippen LogP contribution in [-0.4, -0.2) is 60.4 Å². The summed E-state index contributed by atoms with van der Waals surface area (Å²) in [7, 11) is 0. The summed E-state index contributed by atoms with van der Waals surface area (Å²) in [5.41, 5.74) is 1.95. The highest BCUT2D eigenvalue weighted by atomic mass is 19.2. The lowest BCUT2D eigenvalue weighted by Gasteiger charge is -2.27. The highest BCUT2D eigenvalue weighted by Crippen LogP contribution is 2.49. The van der Waals surface area contributed by atoms with Gasteiger partial charge in [-0.1, -0.05) is 0 Å². The zero-order chi connectivity index (χ0) is 21.8. The Kier molecular flexibility index (Phi) is 4.90. The van der Waals surface area contributed by atoms with Crippen molar-refractivity contribution in [1.29, 1.82) is 0 Å². The highest BCUT2D eigenvalue weighted by molar-refractivity contribution is 5.80. The van der Waals surface area contributed by atoms with E-state index < -0.39 is 35.4 Å². The number of hydrogen-bond acceptors (Lipinski definition) is 9. The van der Waals surface area contributed by atoms with Gasteiger partial charge in [-0.2, -0.15) is 14.4 Å². The molecule has 1 fully saturated rings. The number of rotatable bonds is 4. The van der Waals surface area contributed by atoms with Gasteiger partial charge in [0.25, 0.3) is 0 Å². The number of halogens is 2. The summed E-state index contributed by atoms with van der Waals surface area (Å²) >= 11 is 0. The van der Waals surface area contributed by atoms with Crippen LogP contribution in [0, 0.1) is 0 Å². The third-order valence-electron chi connectivity index (χ3n) is 4.27. The molecular weight excluding hydrogens is 392 g/mol. The summed E-state index contributed by atoms with van der Waals surface area (Å²) < 4.78 is 47.2. The summed E-state index contributed by atoms with van der Waals surface area (Å²) in [6.45, 7) is 7.37. The number of carbonyl (C=O) groups excluding carboxylic acids is 1. The number of esters is 1. The Morgan fingerprint density at radius 3 is 2.66 bits per heavy atom.